The average molecular weight is 456 g/mol. The lowest BCUT2D eigenvalue weighted by atomic mass is 9.94. The molecule has 0 saturated carbocycles. The average Bonchev–Trinajstić information content (AvgIpc) is 2.79. The van der Waals surface area contributed by atoms with E-state index in [-0.39, 0.29) is 11.4 Å². The molecule has 0 aliphatic rings. The number of carbonyl (C=O) groups excluding carboxylic acids is 1. The summed E-state index contributed by atoms with van der Waals surface area (Å²) in [6.07, 6.45) is 4.79. The maximum absolute atomic E-state index is 12.5. The Hall–Kier alpha value is -3.29. The van der Waals surface area contributed by atoms with Gasteiger partial charge in [-0.05, 0) is 54.2 Å². The number of carbonyl (C=O) groups is 1. The molecule has 0 bridgehead atoms. The minimum absolute atomic E-state index is 0.0218. The zero-order valence-corrected chi connectivity index (χ0v) is 18.8. The highest BCUT2D eigenvalue weighted by Crippen LogP contribution is 2.32. The van der Waals surface area contributed by atoms with Crippen LogP contribution in [0.3, 0.4) is 0 Å². The fourth-order valence-corrected chi connectivity index (χ4v) is 3.91. The first-order valence-corrected chi connectivity index (χ1v) is 11.5. The first-order valence-electron chi connectivity index (χ1n) is 10.2. The van der Waals surface area contributed by atoms with Crippen LogP contribution in [0.15, 0.2) is 42.7 Å². The Morgan fingerprint density at radius 1 is 1.12 bits per heavy atom. The van der Waals surface area contributed by atoms with Gasteiger partial charge < -0.3 is 19.8 Å². The van der Waals surface area contributed by atoms with Crippen LogP contribution in [0.1, 0.15) is 40.9 Å². The van der Waals surface area contributed by atoms with Crippen LogP contribution in [-0.2, 0) is 23.8 Å². The summed E-state index contributed by atoms with van der Waals surface area (Å²) in [4.78, 5) is 33.9. The Bertz CT molecular complexity index is 1120. The lowest BCUT2D eigenvalue weighted by Crippen LogP contribution is -2.26. The van der Waals surface area contributed by atoms with Crippen molar-refractivity contribution in [2.45, 2.75) is 33.1 Å². The number of benzene rings is 1. The van der Waals surface area contributed by atoms with Gasteiger partial charge >= 0.3 is 8.25 Å². The number of nitrogens with zero attached hydrogens (tertiary/aromatic N) is 3. The van der Waals surface area contributed by atoms with Gasteiger partial charge in [-0.3, -0.25) is 9.78 Å². The lowest BCUT2D eigenvalue weighted by molar-refractivity contribution is 0.0950. The van der Waals surface area contributed by atoms with E-state index < -0.39 is 20.0 Å². The van der Waals surface area contributed by atoms with Crippen molar-refractivity contribution in [1.29, 1.82) is 0 Å². The first-order chi connectivity index (χ1) is 15.4. The summed E-state index contributed by atoms with van der Waals surface area (Å²) >= 11 is 0. The number of pyridine rings is 1. The van der Waals surface area contributed by atoms with Crippen LogP contribution in [0.2, 0.25) is 0 Å². The normalized spacial score (nSPS) is 11.7. The van der Waals surface area contributed by atoms with E-state index in [1.54, 1.807) is 30.5 Å². The maximum Gasteiger partial charge on any atom is 0.365 e. The van der Waals surface area contributed by atoms with Crippen LogP contribution in [0.25, 0.3) is 11.5 Å². The molecule has 2 aromatic heterocycles. The van der Waals surface area contributed by atoms with Gasteiger partial charge in [0.25, 0.3) is 5.91 Å². The molecule has 0 aliphatic carbocycles. The van der Waals surface area contributed by atoms with Gasteiger partial charge in [0.05, 0.1) is 0 Å². The second kappa shape index (κ2) is 10.8. The second-order valence-corrected chi connectivity index (χ2v) is 7.64. The summed E-state index contributed by atoms with van der Waals surface area (Å²) in [6.45, 7) is 4.28. The van der Waals surface area contributed by atoms with Crippen molar-refractivity contribution in [2.75, 3.05) is 6.54 Å². The van der Waals surface area contributed by atoms with Crippen LogP contribution in [-0.4, -0.2) is 37.4 Å². The number of nitrogens with one attached hydrogen (secondary N) is 1. The van der Waals surface area contributed by atoms with Crippen molar-refractivity contribution in [1.82, 2.24) is 20.3 Å². The molecule has 168 valence electrons. The largest absolute Gasteiger partial charge is 0.493 e. The predicted molar refractivity (Wildman–Crippen MR) is 120 cm³/mol. The molecule has 1 amide bonds. The minimum Gasteiger partial charge on any atom is -0.493 e. The summed E-state index contributed by atoms with van der Waals surface area (Å²) < 4.78 is 16.2. The van der Waals surface area contributed by atoms with E-state index in [9.17, 15) is 14.5 Å². The van der Waals surface area contributed by atoms with Gasteiger partial charge in [-0.2, -0.15) is 4.98 Å². The molecule has 0 spiro atoms. The van der Waals surface area contributed by atoms with Crippen molar-refractivity contribution in [3.05, 3.63) is 65.0 Å². The quantitative estimate of drug-likeness (QED) is 0.418. The van der Waals surface area contributed by atoms with Gasteiger partial charge in [-0.1, -0.05) is 26.0 Å². The molecule has 9 nitrogen and oxygen atoms in total. The summed E-state index contributed by atoms with van der Waals surface area (Å²) in [5, 5.41) is 13.0. The topological polar surface area (TPSA) is 135 Å². The zero-order valence-electron chi connectivity index (χ0n) is 17.8. The van der Waals surface area contributed by atoms with Crippen LogP contribution in [0.5, 0.6) is 11.6 Å². The molecule has 0 saturated heterocycles. The molecule has 3 N–H and O–H groups in total. The van der Waals surface area contributed by atoms with E-state index in [1.165, 1.54) is 6.20 Å². The molecule has 0 radical (unpaired) electrons. The van der Waals surface area contributed by atoms with Crippen LogP contribution < -0.4 is 9.84 Å². The van der Waals surface area contributed by atoms with E-state index in [4.69, 9.17) is 9.42 Å². The summed E-state index contributed by atoms with van der Waals surface area (Å²) in [7, 11) is -3.09. The Balaban J connectivity index is 1.69. The molecule has 3 rings (SSSR count). The van der Waals surface area contributed by atoms with Gasteiger partial charge in [-0.15, -0.1) is 0 Å². The van der Waals surface area contributed by atoms with E-state index in [2.05, 4.69) is 20.3 Å². The van der Waals surface area contributed by atoms with Gasteiger partial charge in [0.15, 0.2) is 5.82 Å². The molecule has 1 aromatic carbocycles. The van der Waals surface area contributed by atoms with Crippen molar-refractivity contribution in [3.8, 4) is 23.1 Å². The zero-order chi connectivity index (χ0) is 23.1. The minimum atomic E-state index is -3.09. The Morgan fingerprint density at radius 3 is 2.53 bits per heavy atom. The van der Waals surface area contributed by atoms with Gasteiger partial charge in [0, 0.05) is 18.9 Å². The Labute approximate surface area is 186 Å². The smallest absolute Gasteiger partial charge is 0.365 e. The Morgan fingerprint density at radius 2 is 1.91 bits per heavy atom. The third kappa shape index (κ3) is 5.49. The molecule has 1 unspecified atom stereocenters. The van der Waals surface area contributed by atoms with Crippen molar-refractivity contribution < 1.29 is 23.9 Å². The number of aromatic hydroxyl groups is 1. The van der Waals surface area contributed by atoms with Crippen molar-refractivity contribution >= 4 is 14.2 Å². The van der Waals surface area contributed by atoms with Gasteiger partial charge in [0.2, 0.25) is 5.88 Å². The SMILES string of the molecule is CCc1c(CCNC(=O)c2cnc(-c3ccccn3)nc2O)ccc(O[PH](=O)O)c1CC. The number of amides is 1. The molecule has 32 heavy (non-hydrogen) atoms. The van der Waals surface area contributed by atoms with Gasteiger partial charge in [-0.25, -0.2) is 9.55 Å². The molecule has 10 heteroatoms. The fourth-order valence-electron chi connectivity index (χ4n) is 3.53. The lowest BCUT2D eigenvalue weighted by Gasteiger charge is -2.17. The molecular formula is C22H25N4O5P. The van der Waals surface area contributed by atoms with Crippen molar-refractivity contribution in [3.63, 3.8) is 0 Å². The summed E-state index contributed by atoms with van der Waals surface area (Å²) in [6, 6.07) is 8.77. The third-order valence-corrected chi connectivity index (χ3v) is 5.37. The number of hydrogen-bond acceptors (Lipinski definition) is 7. The molecular weight excluding hydrogens is 431 g/mol. The van der Waals surface area contributed by atoms with E-state index in [0.717, 1.165) is 23.1 Å². The van der Waals surface area contributed by atoms with Gasteiger partial charge in [0.1, 0.15) is 17.0 Å². The first kappa shape index (κ1) is 23.4. The molecule has 0 aliphatic heterocycles. The van der Waals surface area contributed by atoms with Crippen molar-refractivity contribution in [2.24, 2.45) is 0 Å². The molecule has 1 atom stereocenters. The standard InChI is InChI=1S/C22H25N4O5P/c1-3-15-14(8-9-19(16(15)4-2)31-32(29)30)10-12-24-21(27)17-13-25-20(26-22(17)28)18-7-5-6-11-23-18/h5-9,11,13,32H,3-4,10,12H2,1-2H3,(H,24,27)(H,29,30)(H,25,26,28). The maximum atomic E-state index is 12.5. The third-order valence-electron chi connectivity index (χ3n) is 4.98. The summed E-state index contributed by atoms with van der Waals surface area (Å²) in [5.41, 5.74) is 3.41. The van der Waals surface area contributed by atoms with Crippen LogP contribution >= 0.6 is 8.25 Å². The molecule has 0 fully saturated rings. The summed E-state index contributed by atoms with van der Waals surface area (Å²) in [5.74, 6) is -0.255. The molecule has 2 heterocycles. The monoisotopic (exact) mass is 456 g/mol. The highest BCUT2D eigenvalue weighted by atomic mass is 31.1. The highest BCUT2D eigenvalue weighted by Gasteiger charge is 2.16. The number of hydrogen-bond donors (Lipinski definition) is 3. The number of aromatic nitrogens is 3. The second-order valence-electron chi connectivity index (χ2n) is 6.91. The van der Waals surface area contributed by atoms with E-state index >= 15 is 0 Å². The Kier molecular flexibility index (Phi) is 7.92. The van der Waals surface area contributed by atoms with E-state index in [0.29, 0.717) is 30.8 Å². The van der Waals surface area contributed by atoms with Crippen LogP contribution in [0.4, 0.5) is 0 Å². The van der Waals surface area contributed by atoms with Crippen LogP contribution in [0, 0.1) is 0 Å². The van der Waals surface area contributed by atoms with E-state index in [1.807, 2.05) is 19.9 Å². The molecule has 3 aromatic rings. The number of rotatable bonds is 9. The fraction of sp³-hybridized carbons (Fsp3) is 0.273. The predicted octanol–water partition coefficient (Wildman–Crippen LogP) is 3.10. The highest BCUT2D eigenvalue weighted by molar-refractivity contribution is 7.32.